The van der Waals surface area contributed by atoms with Crippen molar-refractivity contribution in [2.24, 2.45) is 0 Å². The van der Waals surface area contributed by atoms with E-state index in [9.17, 15) is 4.57 Å². The van der Waals surface area contributed by atoms with Gasteiger partial charge in [0, 0.05) is 5.56 Å². The van der Waals surface area contributed by atoms with E-state index in [0.717, 1.165) is 22.3 Å². The Morgan fingerprint density at radius 2 is 1.29 bits per heavy atom. The Hall–Kier alpha value is -2.44. The van der Waals surface area contributed by atoms with E-state index in [1.165, 1.54) is 0 Å². The SMILES string of the molecule is O=POc1cccc(-c2ccccc2)c1-c1ccccc1. The molecular formula is C18H13O2P. The zero-order chi connectivity index (χ0) is 14.5. The Labute approximate surface area is 125 Å². The third-order valence-corrected chi connectivity index (χ3v) is 3.58. The van der Waals surface area contributed by atoms with Gasteiger partial charge in [0.1, 0.15) is 5.75 Å². The first-order valence-corrected chi connectivity index (χ1v) is 7.36. The maximum atomic E-state index is 10.9. The fourth-order valence-electron chi connectivity index (χ4n) is 2.41. The van der Waals surface area contributed by atoms with Crippen LogP contribution >= 0.6 is 8.69 Å². The molecule has 3 aromatic rings. The molecule has 0 unspecified atom stereocenters. The Kier molecular flexibility index (Phi) is 4.09. The molecule has 0 aromatic heterocycles. The summed E-state index contributed by atoms with van der Waals surface area (Å²) in [6.45, 7) is 0. The Bertz CT molecular complexity index is 740. The topological polar surface area (TPSA) is 26.3 Å². The molecule has 3 heteroatoms. The van der Waals surface area contributed by atoms with Gasteiger partial charge in [-0.2, -0.15) is 0 Å². The van der Waals surface area contributed by atoms with Crippen LogP contribution in [0, 0.1) is 0 Å². The minimum Gasteiger partial charge on any atom is -0.407 e. The maximum Gasteiger partial charge on any atom is 0.395 e. The van der Waals surface area contributed by atoms with Crippen LogP contribution in [0.4, 0.5) is 0 Å². The van der Waals surface area contributed by atoms with Crippen LogP contribution in [0.3, 0.4) is 0 Å². The summed E-state index contributed by atoms with van der Waals surface area (Å²) in [6, 6.07) is 25.9. The van der Waals surface area contributed by atoms with Crippen LogP contribution in [0.5, 0.6) is 5.75 Å². The van der Waals surface area contributed by atoms with E-state index < -0.39 is 0 Å². The summed E-state index contributed by atoms with van der Waals surface area (Å²) in [7, 11) is -0.351. The molecule has 0 bridgehead atoms. The first-order chi connectivity index (χ1) is 10.4. The second-order valence-electron chi connectivity index (χ2n) is 4.58. The van der Waals surface area contributed by atoms with Gasteiger partial charge in [-0.15, -0.1) is 0 Å². The molecule has 0 aliphatic rings. The molecule has 0 aliphatic heterocycles. The van der Waals surface area contributed by atoms with Gasteiger partial charge in [0.15, 0.2) is 0 Å². The molecule has 0 aliphatic carbocycles. The molecular weight excluding hydrogens is 279 g/mol. The monoisotopic (exact) mass is 292 g/mol. The zero-order valence-electron chi connectivity index (χ0n) is 11.3. The minimum atomic E-state index is -0.351. The normalized spacial score (nSPS) is 10.5. The van der Waals surface area contributed by atoms with Gasteiger partial charge in [0.05, 0.1) is 0 Å². The summed E-state index contributed by atoms with van der Waals surface area (Å²) < 4.78 is 16.2. The Morgan fingerprint density at radius 3 is 1.90 bits per heavy atom. The highest BCUT2D eigenvalue weighted by Gasteiger charge is 2.13. The lowest BCUT2D eigenvalue weighted by Gasteiger charge is -2.13. The molecule has 0 atom stereocenters. The summed E-state index contributed by atoms with van der Waals surface area (Å²) in [4.78, 5) is 0. The van der Waals surface area contributed by atoms with Gasteiger partial charge in [-0.25, -0.2) is 4.57 Å². The van der Waals surface area contributed by atoms with E-state index in [2.05, 4.69) is 12.1 Å². The molecule has 102 valence electrons. The lowest BCUT2D eigenvalue weighted by atomic mass is 9.94. The van der Waals surface area contributed by atoms with Gasteiger partial charge in [0.2, 0.25) is 0 Å². The van der Waals surface area contributed by atoms with E-state index >= 15 is 0 Å². The molecule has 21 heavy (non-hydrogen) atoms. The largest absolute Gasteiger partial charge is 0.407 e. The maximum absolute atomic E-state index is 10.9. The van der Waals surface area contributed by atoms with Crippen molar-refractivity contribution in [2.75, 3.05) is 0 Å². The lowest BCUT2D eigenvalue weighted by molar-refractivity contribution is 0.526. The average molecular weight is 292 g/mol. The van der Waals surface area contributed by atoms with Crippen molar-refractivity contribution in [3.63, 3.8) is 0 Å². The standard InChI is InChI=1S/C18H13O2P/c19-21-20-17-13-7-12-16(14-8-3-1-4-9-14)18(17)15-10-5-2-6-11-15/h1-13H. The van der Waals surface area contributed by atoms with Crippen molar-refractivity contribution >= 4 is 8.69 Å². The summed E-state index contributed by atoms with van der Waals surface area (Å²) in [5.74, 6) is 0.610. The molecule has 0 amide bonds. The predicted molar refractivity (Wildman–Crippen MR) is 85.5 cm³/mol. The Morgan fingerprint density at radius 1 is 0.667 bits per heavy atom. The molecule has 2 nitrogen and oxygen atoms in total. The highest BCUT2D eigenvalue weighted by Crippen LogP contribution is 2.40. The third kappa shape index (κ3) is 2.86. The molecule has 0 radical (unpaired) electrons. The van der Waals surface area contributed by atoms with E-state index in [-0.39, 0.29) is 8.69 Å². The summed E-state index contributed by atoms with van der Waals surface area (Å²) in [5.41, 5.74) is 4.15. The highest BCUT2D eigenvalue weighted by atomic mass is 31.1. The minimum absolute atomic E-state index is 0.351. The molecule has 0 spiro atoms. The van der Waals surface area contributed by atoms with Crippen LogP contribution in [0.15, 0.2) is 78.9 Å². The summed E-state index contributed by atoms with van der Waals surface area (Å²) in [5, 5.41) is 0. The molecule has 0 heterocycles. The van der Waals surface area contributed by atoms with E-state index in [1.54, 1.807) is 0 Å². The highest BCUT2D eigenvalue weighted by molar-refractivity contribution is 7.17. The van der Waals surface area contributed by atoms with Crippen LogP contribution in [0.2, 0.25) is 0 Å². The van der Waals surface area contributed by atoms with Crippen LogP contribution in [-0.2, 0) is 4.57 Å². The molecule has 0 N–H and O–H groups in total. The molecule has 0 saturated heterocycles. The van der Waals surface area contributed by atoms with Crippen molar-refractivity contribution in [3.05, 3.63) is 78.9 Å². The van der Waals surface area contributed by atoms with Crippen molar-refractivity contribution in [3.8, 4) is 28.0 Å². The van der Waals surface area contributed by atoms with Crippen LogP contribution in [-0.4, -0.2) is 0 Å². The number of hydrogen-bond acceptors (Lipinski definition) is 2. The van der Waals surface area contributed by atoms with Gasteiger partial charge in [-0.1, -0.05) is 72.8 Å². The molecule has 3 aromatic carbocycles. The van der Waals surface area contributed by atoms with Crippen LogP contribution in [0.1, 0.15) is 0 Å². The van der Waals surface area contributed by atoms with Crippen LogP contribution in [0.25, 0.3) is 22.3 Å². The first-order valence-electron chi connectivity index (χ1n) is 6.63. The quantitative estimate of drug-likeness (QED) is 0.584. The van der Waals surface area contributed by atoms with Crippen LogP contribution < -0.4 is 4.52 Å². The van der Waals surface area contributed by atoms with E-state index in [4.69, 9.17) is 4.52 Å². The predicted octanol–water partition coefficient (Wildman–Crippen LogP) is 5.61. The average Bonchev–Trinajstić information content (AvgIpc) is 2.56. The molecule has 3 rings (SSSR count). The fraction of sp³-hybridized carbons (Fsp3) is 0. The summed E-state index contributed by atoms with van der Waals surface area (Å²) >= 11 is 0. The van der Waals surface area contributed by atoms with Gasteiger partial charge >= 0.3 is 8.69 Å². The van der Waals surface area contributed by atoms with Gasteiger partial charge in [0.25, 0.3) is 0 Å². The van der Waals surface area contributed by atoms with E-state index in [1.807, 2.05) is 66.7 Å². The molecule has 0 fully saturated rings. The van der Waals surface area contributed by atoms with Crippen molar-refractivity contribution in [2.45, 2.75) is 0 Å². The third-order valence-electron chi connectivity index (χ3n) is 3.31. The van der Waals surface area contributed by atoms with Crippen molar-refractivity contribution in [1.29, 1.82) is 0 Å². The second kappa shape index (κ2) is 6.34. The van der Waals surface area contributed by atoms with Crippen molar-refractivity contribution in [1.82, 2.24) is 0 Å². The number of rotatable bonds is 4. The van der Waals surface area contributed by atoms with Gasteiger partial charge < -0.3 is 4.52 Å². The fourth-order valence-corrected chi connectivity index (χ4v) is 2.64. The zero-order valence-corrected chi connectivity index (χ0v) is 12.2. The second-order valence-corrected chi connectivity index (χ2v) is 4.91. The smallest absolute Gasteiger partial charge is 0.395 e. The molecule has 0 saturated carbocycles. The van der Waals surface area contributed by atoms with Gasteiger partial charge in [-0.05, 0) is 22.8 Å². The first kappa shape index (κ1) is 13.5. The Balaban J connectivity index is 2.25. The summed E-state index contributed by atoms with van der Waals surface area (Å²) in [6.07, 6.45) is 0. The van der Waals surface area contributed by atoms with Crippen molar-refractivity contribution < 1.29 is 9.09 Å². The number of benzene rings is 3. The number of hydrogen-bond donors (Lipinski definition) is 0. The van der Waals surface area contributed by atoms with E-state index in [0.29, 0.717) is 5.75 Å². The van der Waals surface area contributed by atoms with Gasteiger partial charge in [-0.3, -0.25) is 0 Å². The lowest BCUT2D eigenvalue weighted by Crippen LogP contribution is -1.88.